The highest BCUT2D eigenvalue weighted by atomic mass is 35.5. The molecule has 2 aromatic carbocycles. The Hall–Kier alpha value is -3.03. The molecule has 1 unspecified atom stereocenters. The van der Waals surface area contributed by atoms with E-state index in [0.717, 1.165) is 0 Å². The van der Waals surface area contributed by atoms with Crippen LogP contribution in [0.3, 0.4) is 0 Å². The molecule has 0 radical (unpaired) electrons. The lowest BCUT2D eigenvalue weighted by Gasteiger charge is -2.25. The Labute approximate surface area is 195 Å². The summed E-state index contributed by atoms with van der Waals surface area (Å²) in [5, 5.41) is 11.4. The second kappa shape index (κ2) is 9.63. The molecule has 0 bridgehead atoms. The van der Waals surface area contributed by atoms with Gasteiger partial charge in [0.2, 0.25) is 0 Å². The van der Waals surface area contributed by atoms with E-state index in [-0.39, 0.29) is 39.2 Å². The molecule has 9 heteroatoms. The third-order valence-corrected chi connectivity index (χ3v) is 5.48. The van der Waals surface area contributed by atoms with Gasteiger partial charge >= 0.3 is 5.97 Å². The maximum Gasteiger partial charge on any atom is 0.308 e. The summed E-state index contributed by atoms with van der Waals surface area (Å²) in [5.74, 6) is -2.01. The molecule has 32 heavy (non-hydrogen) atoms. The first-order valence-electron chi connectivity index (χ1n) is 9.79. The highest BCUT2D eigenvalue weighted by molar-refractivity contribution is 6.46. The minimum absolute atomic E-state index is 0.110. The SMILES string of the molecule is CCCN1C(=O)C(=O)/C(=C(/O)c2cc(Cl)c(OC)c(Cl)c2)C1c1cccc(OC(C)=O)c1. The molecular formula is C23H21Cl2NO6. The molecule has 0 saturated carbocycles. The van der Waals surface area contributed by atoms with E-state index in [2.05, 4.69) is 0 Å². The van der Waals surface area contributed by atoms with Gasteiger partial charge in [0.1, 0.15) is 11.5 Å². The van der Waals surface area contributed by atoms with E-state index in [1.165, 1.54) is 31.1 Å². The van der Waals surface area contributed by atoms with Crippen molar-refractivity contribution in [3.05, 3.63) is 63.1 Å². The molecule has 0 aromatic heterocycles. The lowest BCUT2D eigenvalue weighted by Crippen LogP contribution is -2.30. The molecule has 1 amide bonds. The van der Waals surface area contributed by atoms with Gasteiger partial charge in [-0.25, -0.2) is 0 Å². The Morgan fingerprint density at radius 3 is 2.38 bits per heavy atom. The summed E-state index contributed by atoms with van der Waals surface area (Å²) in [6.45, 7) is 3.43. The number of likely N-dealkylation sites (tertiary alicyclic amines) is 1. The maximum atomic E-state index is 13.0. The number of hydrogen-bond donors (Lipinski definition) is 1. The predicted molar refractivity (Wildman–Crippen MR) is 120 cm³/mol. The summed E-state index contributed by atoms with van der Waals surface area (Å²) in [5.41, 5.74) is 0.556. The molecule has 7 nitrogen and oxygen atoms in total. The van der Waals surface area contributed by atoms with E-state index in [0.29, 0.717) is 12.0 Å². The number of rotatable bonds is 6. The minimum Gasteiger partial charge on any atom is -0.507 e. The second-order valence-corrected chi connectivity index (χ2v) is 7.95. The molecule has 168 valence electrons. The second-order valence-electron chi connectivity index (χ2n) is 7.13. The van der Waals surface area contributed by atoms with Crippen LogP contribution in [0.5, 0.6) is 11.5 Å². The molecule has 1 N–H and O–H groups in total. The number of nitrogens with zero attached hydrogens (tertiary/aromatic N) is 1. The fourth-order valence-electron chi connectivity index (χ4n) is 3.66. The van der Waals surface area contributed by atoms with E-state index in [4.69, 9.17) is 32.7 Å². The van der Waals surface area contributed by atoms with Gasteiger partial charge in [0.05, 0.1) is 28.8 Å². The molecular weight excluding hydrogens is 457 g/mol. The van der Waals surface area contributed by atoms with Crippen molar-refractivity contribution in [1.29, 1.82) is 0 Å². The largest absolute Gasteiger partial charge is 0.507 e. The number of esters is 1. The van der Waals surface area contributed by atoms with Crippen LogP contribution in [0.15, 0.2) is 42.0 Å². The summed E-state index contributed by atoms with van der Waals surface area (Å²) in [7, 11) is 1.40. The highest BCUT2D eigenvalue weighted by Gasteiger charge is 2.45. The van der Waals surface area contributed by atoms with Crippen molar-refractivity contribution in [3.8, 4) is 11.5 Å². The first-order chi connectivity index (χ1) is 15.2. The number of methoxy groups -OCH3 is 1. The number of carbonyl (C=O) groups is 3. The first kappa shape index (κ1) is 23.6. The first-order valence-corrected chi connectivity index (χ1v) is 10.5. The summed E-state index contributed by atoms with van der Waals surface area (Å²) in [4.78, 5) is 38.5. The molecule has 1 heterocycles. The fraction of sp³-hybridized carbons (Fsp3) is 0.261. The molecule has 1 aliphatic rings. The lowest BCUT2D eigenvalue weighted by molar-refractivity contribution is -0.139. The van der Waals surface area contributed by atoms with Crippen LogP contribution in [-0.4, -0.2) is 41.3 Å². The van der Waals surface area contributed by atoms with E-state index < -0.39 is 29.5 Å². The Balaban J connectivity index is 2.21. The lowest BCUT2D eigenvalue weighted by atomic mass is 9.95. The monoisotopic (exact) mass is 477 g/mol. The van der Waals surface area contributed by atoms with Gasteiger partial charge in [-0.15, -0.1) is 0 Å². The van der Waals surface area contributed by atoms with Crippen LogP contribution in [0.1, 0.15) is 37.4 Å². The molecule has 3 rings (SSSR count). The zero-order valence-corrected chi connectivity index (χ0v) is 19.2. The zero-order chi connectivity index (χ0) is 23.6. The van der Waals surface area contributed by atoms with Gasteiger partial charge in [0, 0.05) is 19.0 Å². The number of halogens is 2. The molecule has 0 aliphatic carbocycles. The van der Waals surface area contributed by atoms with E-state index in [1.54, 1.807) is 24.3 Å². The van der Waals surface area contributed by atoms with Crippen LogP contribution < -0.4 is 9.47 Å². The van der Waals surface area contributed by atoms with Gasteiger partial charge < -0.3 is 19.5 Å². The number of Topliss-reactive ketones (excluding diaryl/α,β-unsaturated/α-hetero) is 1. The van der Waals surface area contributed by atoms with Crippen molar-refractivity contribution in [2.24, 2.45) is 0 Å². The number of carbonyl (C=O) groups excluding carboxylic acids is 3. The van der Waals surface area contributed by atoms with Gasteiger partial charge in [-0.3, -0.25) is 14.4 Å². The van der Waals surface area contributed by atoms with E-state index in [9.17, 15) is 19.5 Å². The number of aliphatic hydroxyl groups excluding tert-OH is 1. The molecule has 1 saturated heterocycles. The summed E-state index contributed by atoms with van der Waals surface area (Å²) >= 11 is 12.4. The molecule has 1 atom stereocenters. The third kappa shape index (κ3) is 4.45. The van der Waals surface area contributed by atoms with Gasteiger partial charge in [-0.05, 0) is 36.2 Å². The van der Waals surface area contributed by atoms with Crippen LogP contribution in [0.4, 0.5) is 0 Å². The van der Waals surface area contributed by atoms with Gasteiger partial charge in [0.15, 0.2) is 5.75 Å². The quantitative estimate of drug-likeness (QED) is 0.212. The van der Waals surface area contributed by atoms with Crippen molar-refractivity contribution < 1.29 is 29.0 Å². The van der Waals surface area contributed by atoms with Gasteiger partial charge in [-0.2, -0.15) is 0 Å². The van der Waals surface area contributed by atoms with Gasteiger partial charge in [0.25, 0.3) is 11.7 Å². The van der Waals surface area contributed by atoms with Crippen LogP contribution in [0.25, 0.3) is 5.76 Å². The standard InChI is InChI=1S/C23H21Cl2NO6/c1-4-8-26-19(13-6-5-7-15(9-13)32-12(2)27)18(21(29)23(26)30)20(28)14-10-16(24)22(31-3)17(25)11-14/h5-7,9-11,19,28H,4,8H2,1-3H3/b20-18+. The zero-order valence-electron chi connectivity index (χ0n) is 17.6. The number of ketones is 1. The van der Waals surface area contributed by atoms with Crippen molar-refractivity contribution in [2.45, 2.75) is 26.3 Å². The minimum atomic E-state index is -0.884. The van der Waals surface area contributed by atoms with Crippen molar-refractivity contribution in [1.82, 2.24) is 4.90 Å². The number of hydrogen-bond acceptors (Lipinski definition) is 6. The Morgan fingerprint density at radius 1 is 1.16 bits per heavy atom. The topological polar surface area (TPSA) is 93.1 Å². The number of benzene rings is 2. The Kier molecular flexibility index (Phi) is 7.11. The summed E-state index contributed by atoms with van der Waals surface area (Å²) < 4.78 is 10.3. The summed E-state index contributed by atoms with van der Waals surface area (Å²) in [6, 6.07) is 8.39. The molecule has 0 spiro atoms. The molecule has 2 aromatic rings. The van der Waals surface area contributed by atoms with Crippen LogP contribution in [0, 0.1) is 0 Å². The Bertz CT molecular complexity index is 1100. The van der Waals surface area contributed by atoms with Gasteiger partial charge in [-0.1, -0.05) is 42.3 Å². The number of amides is 1. The van der Waals surface area contributed by atoms with Crippen molar-refractivity contribution in [2.75, 3.05) is 13.7 Å². The fourth-order valence-corrected chi connectivity index (χ4v) is 4.30. The predicted octanol–water partition coefficient (Wildman–Crippen LogP) is 4.76. The summed E-state index contributed by atoms with van der Waals surface area (Å²) in [6.07, 6.45) is 0.591. The normalized spacial score (nSPS) is 17.5. The molecule has 1 fully saturated rings. The number of aliphatic hydroxyl groups is 1. The van der Waals surface area contributed by atoms with Crippen molar-refractivity contribution in [3.63, 3.8) is 0 Å². The van der Waals surface area contributed by atoms with E-state index >= 15 is 0 Å². The molecule has 1 aliphatic heterocycles. The third-order valence-electron chi connectivity index (χ3n) is 4.92. The van der Waals surface area contributed by atoms with Crippen molar-refractivity contribution >= 4 is 46.6 Å². The highest BCUT2D eigenvalue weighted by Crippen LogP contribution is 2.42. The van der Waals surface area contributed by atoms with Crippen LogP contribution >= 0.6 is 23.2 Å². The smallest absolute Gasteiger partial charge is 0.308 e. The van der Waals surface area contributed by atoms with E-state index in [1.807, 2.05) is 6.92 Å². The maximum absolute atomic E-state index is 13.0. The average Bonchev–Trinajstić information content (AvgIpc) is 2.98. The number of ether oxygens (including phenoxy) is 2. The Morgan fingerprint density at radius 2 is 1.81 bits per heavy atom. The van der Waals surface area contributed by atoms with Crippen LogP contribution in [0.2, 0.25) is 10.0 Å². The average molecular weight is 478 g/mol. The van der Waals surface area contributed by atoms with Crippen LogP contribution in [-0.2, 0) is 14.4 Å².